The zero-order chi connectivity index (χ0) is 11.5. The molecule has 0 spiro atoms. The van der Waals surface area contributed by atoms with E-state index in [0.717, 1.165) is 5.69 Å². The van der Waals surface area contributed by atoms with Crippen LogP contribution in [0.2, 0.25) is 0 Å². The predicted octanol–water partition coefficient (Wildman–Crippen LogP) is 1.16. The highest BCUT2D eigenvalue weighted by Gasteiger charge is 2.22. The zero-order valence-electron chi connectivity index (χ0n) is 9.69. The Balaban J connectivity index is 1.79. The minimum atomic E-state index is 0.153. The second kappa shape index (κ2) is 4.93. The first kappa shape index (κ1) is 11.5. The summed E-state index contributed by atoms with van der Waals surface area (Å²) in [5.74, 6) is 0.153. The van der Waals surface area contributed by atoms with Gasteiger partial charge in [0, 0.05) is 18.0 Å². The van der Waals surface area contributed by atoms with Crippen molar-refractivity contribution in [3.05, 3.63) is 16.1 Å². The van der Waals surface area contributed by atoms with Crippen molar-refractivity contribution in [1.29, 1.82) is 0 Å². The average Bonchev–Trinajstić information content (AvgIpc) is 3.01. The van der Waals surface area contributed by atoms with E-state index in [4.69, 9.17) is 0 Å². The van der Waals surface area contributed by atoms with Gasteiger partial charge in [-0.2, -0.15) is 0 Å². The molecule has 1 heterocycles. The van der Waals surface area contributed by atoms with Crippen LogP contribution in [0.5, 0.6) is 0 Å². The van der Waals surface area contributed by atoms with E-state index in [9.17, 15) is 4.79 Å². The molecule has 88 valence electrons. The Kier molecular flexibility index (Phi) is 3.56. The molecule has 1 saturated carbocycles. The van der Waals surface area contributed by atoms with Gasteiger partial charge in [0.05, 0.1) is 24.3 Å². The minimum Gasteiger partial charge on any atom is -0.339 e. The lowest BCUT2D eigenvalue weighted by atomic mass is 10.3. The number of aryl methyl sites for hydroxylation is 1. The average molecular weight is 239 g/mol. The number of rotatable bonds is 5. The van der Waals surface area contributed by atoms with Crippen molar-refractivity contribution < 1.29 is 4.79 Å². The van der Waals surface area contributed by atoms with Gasteiger partial charge in [0.15, 0.2) is 0 Å². The summed E-state index contributed by atoms with van der Waals surface area (Å²) in [6.45, 7) is 3.10. The number of likely N-dealkylation sites (N-methyl/N-ethyl adjacent to an activating group) is 1. The number of aromatic nitrogens is 1. The maximum absolute atomic E-state index is 11.8. The third-order valence-corrected chi connectivity index (χ3v) is 3.69. The number of amides is 1. The van der Waals surface area contributed by atoms with E-state index in [-0.39, 0.29) is 5.91 Å². The molecule has 0 bridgehead atoms. The Morgan fingerprint density at radius 2 is 2.44 bits per heavy atom. The van der Waals surface area contributed by atoms with Gasteiger partial charge >= 0.3 is 0 Å². The second-order valence-electron chi connectivity index (χ2n) is 4.27. The van der Waals surface area contributed by atoms with Crippen molar-refractivity contribution in [2.75, 3.05) is 13.6 Å². The van der Waals surface area contributed by atoms with Crippen molar-refractivity contribution >= 4 is 17.2 Å². The minimum absolute atomic E-state index is 0.153. The third-order valence-electron chi connectivity index (χ3n) is 2.77. The van der Waals surface area contributed by atoms with Crippen LogP contribution in [0, 0.1) is 6.92 Å². The molecule has 16 heavy (non-hydrogen) atoms. The molecule has 0 atom stereocenters. The smallest absolute Gasteiger partial charge is 0.236 e. The second-order valence-corrected chi connectivity index (χ2v) is 5.21. The highest BCUT2D eigenvalue weighted by molar-refractivity contribution is 7.09. The monoisotopic (exact) mass is 239 g/mol. The molecule has 1 N–H and O–H groups in total. The molecule has 0 unspecified atom stereocenters. The van der Waals surface area contributed by atoms with Gasteiger partial charge in [0.2, 0.25) is 5.91 Å². The van der Waals surface area contributed by atoms with E-state index < -0.39 is 0 Å². The van der Waals surface area contributed by atoms with Crippen LogP contribution in [0.1, 0.15) is 23.4 Å². The van der Waals surface area contributed by atoms with E-state index in [2.05, 4.69) is 10.3 Å². The van der Waals surface area contributed by atoms with Crippen LogP contribution in [0.3, 0.4) is 0 Å². The zero-order valence-corrected chi connectivity index (χ0v) is 10.5. The fourth-order valence-electron chi connectivity index (χ4n) is 1.44. The first-order valence-electron chi connectivity index (χ1n) is 5.53. The molecule has 1 fully saturated rings. The van der Waals surface area contributed by atoms with Crippen LogP contribution < -0.4 is 5.32 Å². The van der Waals surface area contributed by atoms with Gasteiger partial charge in [0.25, 0.3) is 0 Å². The Labute approximate surface area is 99.7 Å². The highest BCUT2D eigenvalue weighted by atomic mass is 32.1. The van der Waals surface area contributed by atoms with Crippen LogP contribution in [0.25, 0.3) is 0 Å². The summed E-state index contributed by atoms with van der Waals surface area (Å²) in [5.41, 5.74) is 2.85. The first-order chi connectivity index (χ1) is 7.66. The molecule has 0 saturated heterocycles. The number of thiazole rings is 1. The van der Waals surface area contributed by atoms with Crippen molar-refractivity contribution in [3.63, 3.8) is 0 Å². The molecule has 1 aromatic heterocycles. The summed E-state index contributed by atoms with van der Waals surface area (Å²) in [4.78, 5) is 18.9. The van der Waals surface area contributed by atoms with Crippen molar-refractivity contribution in [3.8, 4) is 0 Å². The molecule has 1 aromatic rings. The van der Waals surface area contributed by atoms with Crippen molar-refractivity contribution in [1.82, 2.24) is 15.2 Å². The van der Waals surface area contributed by atoms with Gasteiger partial charge in [-0.05, 0) is 19.8 Å². The van der Waals surface area contributed by atoms with Gasteiger partial charge < -0.3 is 10.2 Å². The molecule has 1 aliphatic carbocycles. The molecular formula is C11H17N3OS. The van der Waals surface area contributed by atoms with Gasteiger partial charge in [-0.25, -0.2) is 4.98 Å². The van der Waals surface area contributed by atoms with Crippen molar-refractivity contribution in [2.45, 2.75) is 32.4 Å². The lowest BCUT2D eigenvalue weighted by Crippen LogP contribution is -2.35. The molecule has 2 rings (SSSR count). The van der Waals surface area contributed by atoms with Gasteiger partial charge in [-0.3, -0.25) is 4.79 Å². The van der Waals surface area contributed by atoms with E-state index in [1.54, 1.807) is 16.2 Å². The topological polar surface area (TPSA) is 45.2 Å². The molecule has 1 aliphatic rings. The maximum atomic E-state index is 11.8. The van der Waals surface area contributed by atoms with Crippen LogP contribution in [0.15, 0.2) is 5.51 Å². The molecule has 0 aliphatic heterocycles. The van der Waals surface area contributed by atoms with E-state index in [0.29, 0.717) is 19.1 Å². The van der Waals surface area contributed by atoms with Gasteiger partial charge in [0.1, 0.15) is 0 Å². The van der Waals surface area contributed by atoms with Gasteiger partial charge in [-0.15, -0.1) is 11.3 Å². The summed E-state index contributed by atoms with van der Waals surface area (Å²) in [6, 6.07) is 0.586. The number of hydrogen-bond donors (Lipinski definition) is 1. The van der Waals surface area contributed by atoms with Crippen LogP contribution in [-0.4, -0.2) is 35.4 Å². The number of hydrogen-bond acceptors (Lipinski definition) is 4. The SMILES string of the molecule is Cc1ncsc1CN(C)C(=O)CNC1CC1. The van der Waals surface area contributed by atoms with Crippen molar-refractivity contribution in [2.24, 2.45) is 0 Å². The first-order valence-corrected chi connectivity index (χ1v) is 6.41. The molecular weight excluding hydrogens is 222 g/mol. The largest absolute Gasteiger partial charge is 0.339 e. The van der Waals surface area contributed by atoms with E-state index in [1.165, 1.54) is 17.7 Å². The summed E-state index contributed by atoms with van der Waals surface area (Å²) in [6.07, 6.45) is 2.43. The Bertz CT molecular complexity index is 373. The number of carbonyl (C=O) groups is 1. The summed E-state index contributed by atoms with van der Waals surface area (Å²) in [7, 11) is 1.84. The number of nitrogens with zero attached hydrogens (tertiary/aromatic N) is 2. The summed E-state index contributed by atoms with van der Waals surface area (Å²) in [5, 5.41) is 3.23. The molecule has 0 radical (unpaired) electrons. The van der Waals surface area contributed by atoms with E-state index >= 15 is 0 Å². The summed E-state index contributed by atoms with van der Waals surface area (Å²) < 4.78 is 0. The Hall–Kier alpha value is -0.940. The number of nitrogens with one attached hydrogen (secondary N) is 1. The van der Waals surface area contributed by atoms with Crippen LogP contribution in [-0.2, 0) is 11.3 Å². The fraction of sp³-hybridized carbons (Fsp3) is 0.636. The van der Waals surface area contributed by atoms with E-state index in [1.807, 2.05) is 19.5 Å². The molecule has 0 aromatic carbocycles. The highest BCUT2D eigenvalue weighted by Crippen LogP contribution is 2.18. The fourth-order valence-corrected chi connectivity index (χ4v) is 2.27. The number of carbonyl (C=O) groups excluding carboxylic acids is 1. The van der Waals surface area contributed by atoms with Gasteiger partial charge in [-0.1, -0.05) is 0 Å². The maximum Gasteiger partial charge on any atom is 0.236 e. The molecule has 4 nitrogen and oxygen atoms in total. The lowest BCUT2D eigenvalue weighted by Gasteiger charge is -2.16. The molecule has 5 heteroatoms. The third kappa shape index (κ3) is 3.02. The molecule has 1 amide bonds. The quantitative estimate of drug-likeness (QED) is 0.838. The summed E-state index contributed by atoms with van der Waals surface area (Å²) >= 11 is 1.61. The lowest BCUT2D eigenvalue weighted by molar-refractivity contribution is -0.129. The normalized spacial score (nSPS) is 15.1. The Morgan fingerprint density at radius 1 is 1.69 bits per heavy atom. The standard InChI is InChI=1S/C11H17N3OS/c1-8-10(16-7-13-8)6-14(2)11(15)5-12-9-3-4-9/h7,9,12H,3-6H2,1-2H3. The van der Waals surface area contributed by atoms with Crippen LogP contribution in [0.4, 0.5) is 0 Å². The Morgan fingerprint density at radius 3 is 3.00 bits per heavy atom. The predicted molar refractivity (Wildman–Crippen MR) is 64.3 cm³/mol. The van der Waals surface area contributed by atoms with Crippen LogP contribution >= 0.6 is 11.3 Å².